The number of allylic oxidation sites excluding steroid dienone is 1. The molecule has 0 unspecified atom stereocenters. The number of carboxylic acid groups (broad SMARTS) is 1. The number of carbonyl (C=O) groups excluding carboxylic acids is 1. The van der Waals surface area contributed by atoms with Crippen LogP contribution in [0.1, 0.15) is 36.8 Å². The maximum atomic E-state index is 12.8. The van der Waals surface area contributed by atoms with Crippen molar-refractivity contribution < 1.29 is 24.2 Å². The predicted molar refractivity (Wildman–Crippen MR) is 125 cm³/mol. The van der Waals surface area contributed by atoms with Crippen molar-refractivity contribution in [2.75, 3.05) is 32.6 Å². The summed E-state index contributed by atoms with van der Waals surface area (Å²) in [4.78, 5) is 28.8. The number of ether oxygens (including phenoxy) is 2. The summed E-state index contributed by atoms with van der Waals surface area (Å²) in [5, 5.41) is 12.8. The minimum absolute atomic E-state index is 0.0510. The Bertz CT molecular complexity index is 1060. The van der Waals surface area contributed by atoms with Gasteiger partial charge in [0.2, 0.25) is 5.91 Å². The van der Waals surface area contributed by atoms with Crippen molar-refractivity contribution in [1.29, 1.82) is 0 Å². The van der Waals surface area contributed by atoms with Gasteiger partial charge in [-0.3, -0.25) is 9.78 Å². The van der Waals surface area contributed by atoms with Crippen molar-refractivity contribution >= 4 is 28.5 Å². The number of aromatic carboxylic acids is 1. The number of aryl methyl sites for hydroxylation is 1. The largest absolute Gasteiger partial charge is 0.492 e. The number of benzene rings is 1. The molecule has 0 aliphatic heterocycles. The molecule has 0 saturated carbocycles. The Morgan fingerprint density at radius 3 is 2.66 bits per heavy atom. The fourth-order valence-electron chi connectivity index (χ4n) is 3.18. The summed E-state index contributed by atoms with van der Waals surface area (Å²) in [6, 6.07) is 5.18. The van der Waals surface area contributed by atoms with Gasteiger partial charge in [0.05, 0.1) is 34.3 Å². The molecule has 1 aromatic carbocycles. The molecule has 0 bridgehead atoms. The number of aromatic nitrogens is 1. The van der Waals surface area contributed by atoms with E-state index in [1.165, 1.54) is 0 Å². The molecule has 0 fully saturated rings. The fourth-order valence-corrected chi connectivity index (χ4v) is 3.18. The second-order valence-corrected chi connectivity index (χ2v) is 8.03. The van der Waals surface area contributed by atoms with E-state index in [-0.39, 0.29) is 23.8 Å². The minimum Gasteiger partial charge on any atom is -0.492 e. The lowest BCUT2D eigenvalue weighted by Gasteiger charge is -2.24. The summed E-state index contributed by atoms with van der Waals surface area (Å²) in [5.74, 6) is -0.952. The molecule has 8 heteroatoms. The Morgan fingerprint density at radius 2 is 2.03 bits per heavy atom. The highest BCUT2D eigenvalue weighted by molar-refractivity contribution is 6.06. The Kier molecular flexibility index (Phi) is 8.37. The molecular formula is C24H31N3O5. The summed E-state index contributed by atoms with van der Waals surface area (Å²) < 4.78 is 11.0. The third kappa shape index (κ3) is 5.85. The topological polar surface area (TPSA) is 124 Å². The first kappa shape index (κ1) is 24.9. The third-order valence-corrected chi connectivity index (χ3v) is 4.96. The first-order chi connectivity index (χ1) is 15.1. The number of hydrogen-bond donors (Lipinski definition) is 3. The van der Waals surface area contributed by atoms with Crippen LogP contribution in [0.4, 0.5) is 5.69 Å². The van der Waals surface area contributed by atoms with Crippen molar-refractivity contribution in [3.8, 4) is 5.75 Å². The SMILES string of the molecule is C/C=C\C(=C/COC)CNC(=O)C(C)(C)COc1cccc2nc(C)c(C(=O)O)c(N)c12. The highest BCUT2D eigenvalue weighted by Gasteiger charge is 2.29. The molecule has 0 radical (unpaired) electrons. The number of amides is 1. The standard InChI is InChI=1S/C24H31N3O5/c1-6-8-16(11-12-31-5)13-26-23(30)24(3,4)14-32-18-10-7-9-17-20(18)21(25)19(22(28)29)15(2)27-17/h6-11H,12-14H2,1-5H3,(H2,25,27)(H,26,30)(H,28,29)/b8-6-,16-11+. The summed E-state index contributed by atoms with van der Waals surface area (Å²) in [6.07, 6.45) is 5.71. The van der Waals surface area contributed by atoms with Gasteiger partial charge >= 0.3 is 5.97 Å². The van der Waals surface area contributed by atoms with Crippen LogP contribution in [0.2, 0.25) is 0 Å². The summed E-state index contributed by atoms with van der Waals surface area (Å²) in [7, 11) is 1.61. The molecule has 0 saturated heterocycles. The van der Waals surface area contributed by atoms with Gasteiger partial charge < -0.3 is 25.6 Å². The van der Waals surface area contributed by atoms with E-state index in [2.05, 4.69) is 10.3 Å². The number of rotatable bonds is 10. The lowest BCUT2D eigenvalue weighted by molar-refractivity contribution is -0.130. The van der Waals surface area contributed by atoms with Crippen LogP contribution in [0, 0.1) is 12.3 Å². The number of nitrogens with two attached hydrogens (primary N) is 1. The molecule has 2 rings (SSSR count). The molecule has 2 aromatic rings. The van der Waals surface area contributed by atoms with Gasteiger partial charge in [0, 0.05) is 13.7 Å². The van der Waals surface area contributed by atoms with E-state index >= 15 is 0 Å². The number of nitrogens with one attached hydrogen (secondary N) is 1. The smallest absolute Gasteiger partial charge is 0.339 e. The van der Waals surface area contributed by atoms with Crippen LogP contribution >= 0.6 is 0 Å². The number of carbonyl (C=O) groups is 2. The number of anilines is 1. The number of nitrogens with zero attached hydrogens (tertiary/aromatic N) is 1. The van der Waals surface area contributed by atoms with E-state index in [0.717, 1.165) is 5.57 Å². The molecule has 4 N–H and O–H groups in total. The van der Waals surface area contributed by atoms with Crippen molar-refractivity contribution in [1.82, 2.24) is 10.3 Å². The van der Waals surface area contributed by atoms with Gasteiger partial charge in [-0.15, -0.1) is 0 Å². The van der Waals surface area contributed by atoms with Crippen LogP contribution in [0.15, 0.2) is 42.0 Å². The quantitative estimate of drug-likeness (QED) is 0.482. The molecule has 1 aromatic heterocycles. The van der Waals surface area contributed by atoms with Gasteiger partial charge in [0.15, 0.2) is 0 Å². The molecular weight excluding hydrogens is 410 g/mol. The molecule has 0 spiro atoms. The van der Waals surface area contributed by atoms with Gasteiger partial charge in [-0.25, -0.2) is 4.79 Å². The number of carboxylic acids is 1. The Labute approximate surface area is 188 Å². The molecule has 1 amide bonds. The Morgan fingerprint density at radius 1 is 1.31 bits per heavy atom. The van der Waals surface area contributed by atoms with Gasteiger partial charge in [0.1, 0.15) is 17.9 Å². The van der Waals surface area contributed by atoms with Gasteiger partial charge in [-0.2, -0.15) is 0 Å². The molecule has 0 aliphatic carbocycles. The maximum absolute atomic E-state index is 12.8. The number of hydrogen-bond acceptors (Lipinski definition) is 6. The second kappa shape index (κ2) is 10.8. The van der Waals surface area contributed by atoms with Crippen molar-refractivity contribution in [3.05, 3.63) is 53.3 Å². The zero-order chi connectivity index (χ0) is 23.9. The Balaban J connectivity index is 2.20. The normalized spacial score (nSPS) is 12.3. The summed E-state index contributed by atoms with van der Waals surface area (Å²) in [6.45, 7) is 7.94. The monoisotopic (exact) mass is 441 g/mol. The van der Waals surface area contributed by atoms with Crippen molar-refractivity contribution in [2.24, 2.45) is 5.41 Å². The van der Waals surface area contributed by atoms with E-state index in [4.69, 9.17) is 15.2 Å². The highest BCUT2D eigenvalue weighted by Crippen LogP contribution is 2.34. The van der Waals surface area contributed by atoms with E-state index < -0.39 is 11.4 Å². The number of methoxy groups -OCH3 is 1. The van der Waals surface area contributed by atoms with Crippen molar-refractivity contribution in [3.63, 3.8) is 0 Å². The average Bonchev–Trinajstić information content (AvgIpc) is 2.73. The van der Waals surface area contributed by atoms with Crippen LogP contribution < -0.4 is 15.8 Å². The number of fused-ring (bicyclic) bond motifs is 1. The minimum atomic E-state index is -1.15. The molecule has 32 heavy (non-hydrogen) atoms. The van der Waals surface area contributed by atoms with E-state index in [1.54, 1.807) is 46.1 Å². The first-order valence-electron chi connectivity index (χ1n) is 10.3. The van der Waals surface area contributed by atoms with Crippen LogP contribution in [0.25, 0.3) is 10.9 Å². The zero-order valence-electron chi connectivity index (χ0n) is 19.2. The van der Waals surface area contributed by atoms with Crippen LogP contribution in [-0.2, 0) is 9.53 Å². The van der Waals surface area contributed by atoms with Crippen LogP contribution in [-0.4, -0.2) is 48.8 Å². The lowest BCUT2D eigenvalue weighted by Crippen LogP contribution is -2.41. The van der Waals surface area contributed by atoms with Gasteiger partial charge in [0.25, 0.3) is 0 Å². The van der Waals surface area contributed by atoms with Gasteiger partial charge in [-0.1, -0.05) is 24.3 Å². The second-order valence-electron chi connectivity index (χ2n) is 8.03. The number of pyridine rings is 1. The molecule has 172 valence electrons. The van der Waals surface area contributed by atoms with E-state index in [0.29, 0.717) is 35.5 Å². The Hall–Kier alpha value is -3.39. The van der Waals surface area contributed by atoms with Crippen LogP contribution in [0.5, 0.6) is 5.75 Å². The fraction of sp³-hybridized carbons (Fsp3) is 0.375. The molecule has 1 heterocycles. The van der Waals surface area contributed by atoms with Crippen molar-refractivity contribution in [2.45, 2.75) is 27.7 Å². The zero-order valence-corrected chi connectivity index (χ0v) is 19.2. The summed E-state index contributed by atoms with van der Waals surface area (Å²) in [5.41, 5.74) is 7.15. The predicted octanol–water partition coefficient (Wildman–Crippen LogP) is 3.49. The lowest BCUT2D eigenvalue weighted by atomic mass is 9.93. The van der Waals surface area contributed by atoms with E-state index in [9.17, 15) is 14.7 Å². The molecule has 0 atom stereocenters. The molecule has 0 aliphatic rings. The highest BCUT2D eigenvalue weighted by atomic mass is 16.5. The maximum Gasteiger partial charge on any atom is 0.339 e. The third-order valence-electron chi connectivity index (χ3n) is 4.96. The summed E-state index contributed by atoms with van der Waals surface area (Å²) >= 11 is 0. The first-order valence-corrected chi connectivity index (χ1v) is 10.3. The molecule has 8 nitrogen and oxygen atoms in total. The van der Waals surface area contributed by atoms with E-state index in [1.807, 2.05) is 25.2 Å². The van der Waals surface area contributed by atoms with Crippen LogP contribution in [0.3, 0.4) is 0 Å². The average molecular weight is 442 g/mol. The number of nitrogen functional groups attached to an aromatic ring is 1. The van der Waals surface area contributed by atoms with Gasteiger partial charge in [-0.05, 0) is 45.4 Å².